The van der Waals surface area contributed by atoms with Gasteiger partial charge in [-0.3, -0.25) is 0 Å². The minimum Gasteiger partial charge on any atom is -0.338 e. The fourth-order valence-electron chi connectivity index (χ4n) is 2.31. The molecule has 0 amide bonds. The second kappa shape index (κ2) is 4.29. The number of hydrogen-bond donors (Lipinski definition) is 0. The van der Waals surface area contributed by atoms with Crippen LogP contribution in [0.1, 0.15) is 24.2 Å². The maximum atomic E-state index is 5.18. The number of aromatic nitrogens is 3. The average Bonchev–Trinajstić information content (AvgIpc) is 2.97. The van der Waals surface area contributed by atoms with E-state index in [1.807, 2.05) is 6.92 Å². The highest BCUT2D eigenvalue weighted by molar-refractivity contribution is 5.83. The lowest BCUT2D eigenvalue weighted by Crippen LogP contribution is -2.00. The molecule has 0 saturated carbocycles. The van der Waals surface area contributed by atoms with Gasteiger partial charge in [-0.15, -0.1) is 0 Å². The van der Waals surface area contributed by atoms with Gasteiger partial charge in [0.1, 0.15) is 6.54 Å². The molecule has 0 bridgehead atoms. The summed E-state index contributed by atoms with van der Waals surface area (Å²) in [6.07, 6.45) is 3.09. The van der Waals surface area contributed by atoms with Crippen LogP contribution in [0.25, 0.3) is 10.9 Å². The minimum absolute atomic E-state index is 0.626. The van der Waals surface area contributed by atoms with E-state index >= 15 is 0 Å². The van der Waals surface area contributed by atoms with Gasteiger partial charge >= 0.3 is 0 Å². The highest BCUT2D eigenvalue weighted by Crippen LogP contribution is 2.21. The molecular weight excluding hydrogens is 226 g/mol. The number of para-hydroxylation sites is 1. The van der Waals surface area contributed by atoms with E-state index in [0.717, 1.165) is 6.42 Å². The van der Waals surface area contributed by atoms with Gasteiger partial charge in [0.2, 0.25) is 5.89 Å². The Labute approximate surface area is 105 Å². The van der Waals surface area contributed by atoms with Crippen molar-refractivity contribution >= 4 is 10.9 Å². The quantitative estimate of drug-likeness (QED) is 0.708. The Balaban J connectivity index is 2.06. The van der Waals surface area contributed by atoms with Gasteiger partial charge in [0.05, 0.1) is 5.52 Å². The molecule has 3 aromatic rings. The molecule has 0 radical (unpaired) electrons. The van der Waals surface area contributed by atoms with Crippen LogP contribution in [0, 0.1) is 6.92 Å². The maximum Gasteiger partial charge on any atom is 0.246 e. The van der Waals surface area contributed by atoms with Gasteiger partial charge < -0.3 is 9.09 Å². The zero-order chi connectivity index (χ0) is 12.5. The van der Waals surface area contributed by atoms with Gasteiger partial charge in [0.25, 0.3) is 0 Å². The van der Waals surface area contributed by atoms with Crippen LogP contribution in [-0.4, -0.2) is 14.7 Å². The Hall–Kier alpha value is -2.10. The van der Waals surface area contributed by atoms with Gasteiger partial charge in [-0.25, -0.2) is 0 Å². The van der Waals surface area contributed by atoms with Crippen LogP contribution in [0.4, 0.5) is 0 Å². The van der Waals surface area contributed by atoms with Crippen LogP contribution < -0.4 is 0 Å². The molecule has 0 saturated heterocycles. The molecule has 0 unspecified atom stereocenters. The molecule has 3 rings (SSSR count). The van der Waals surface area contributed by atoms with Crippen molar-refractivity contribution in [1.82, 2.24) is 14.7 Å². The largest absolute Gasteiger partial charge is 0.338 e. The van der Waals surface area contributed by atoms with E-state index in [1.54, 1.807) is 0 Å². The molecule has 2 heterocycles. The average molecular weight is 241 g/mol. The first-order valence-corrected chi connectivity index (χ1v) is 6.14. The highest BCUT2D eigenvalue weighted by Gasteiger charge is 2.09. The number of benzene rings is 1. The van der Waals surface area contributed by atoms with Crippen LogP contribution in [0.3, 0.4) is 0 Å². The first kappa shape index (κ1) is 11.0. The Kier molecular flexibility index (Phi) is 2.63. The summed E-state index contributed by atoms with van der Waals surface area (Å²) in [6.45, 7) is 4.63. The van der Waals surface area contributed by atoms with Crippen LogP contribution in [0.5, 0.6) is 0 Å². The predicted octanol–water partition coefficient (Wildman–Crippen LogP) is 2.94. The number of fused-ring (bicyclic) bond motifs is 1. The summed E-state index contributed by atoms with van der Waals surface area (Å²) in [7, 11) is 0. The van der Waals surface area contributed by atoms with Crippen molar-refractivity contribution in [2.24, 2.45) is 0 Å². The predicted molar refractivity (Wildman–Crippen MR) is 69.5 cm³/mol. The molecule has 0 atom stereocenters. The topological polar surface area (TPSA) is 43.9 Å². The molecule has 2 aromatic heterocycles. The van der Waals surface area contributed by atoms with E-state index in [1.165, 1.54) is 16.5 Å². The summed E-state index contributed by atoms with van der Waals surface area (Å²) in [5, 5.41) is 5.08. The Bertz CT molecular complexity index is 681. The summed E-state index contributed by atoms with van der Waals surface area (Å²) in [6, 6.07) is 8.52. The molecule has 4 nitrogen and oxygen atoms in total. The Morgan fingerprint density at radius 2 is 2.17 bits per heavy atom. The zero-order valence-corrected chi connectivity index (χ0v) is 10.6. The maximum absolute atomic E-state index is 5.18. The van der Waals surface area contributed by atoms with Crippen LogP contribution in [0.2, 0.25) is 0 Å². The summed E-state index contributed by atoms with van der Waals surface area (Å²) < 4.78 is 7.35. The first-order chi connectivity index (χ1) is 8.78. The summed E-state index contributed by atoms with van der Waals surface area (Å²) >= 11 is 0. The van der Waals surface area contributed by atoms with Crippen molar-refractivity contribution < 1.29 is 4.52 Å². The van der Waals surface area contributed by atoms with Gasteiger partial charge in [-0.2, -0.15) is 4.98 Å². The third kappa shape index (κ3) is 1.79. The van der Waals surface area contributed by atoms with Crippen LogP contribution >= 0.6 is 0 Å². The lowest BCUT2D eigenvalue weighted by molar-refractivity contribution is 0.369. The number of hydrogen-bond acceptors (Lipinski definition) is 3. The van der Waals surface area contributed by atoms with Crippen molar-refractivity contribution in [3.8, 4) is 0 Å². The van der Waals surface area contributed by atoms with Gasteiger partial charge in [-0.05, 0) is 30.4 Å². The SMILES string of the molecule is CCc1cccc2ccn(Cc3nc(C)no3)c12. The molecule has 1 aromatic carbocycles. The highest BCUT2D eigenvalue weighted by atomic mass is 16.5. The Morgan fingerprint density at radius 3 is 2.89 bits per heavy atom. The molecule has 18 heavy (non-hydrogen) atoms. The molecule has 0 aliphatic heterocycles. The number of nitrogens with zero attached hydrogens (tertiary/aromatic N) is 3. The molecule has 0 fully saturated rings. The molecule has 4 heteroatoms. The van der Waals surface area contributed by atoms with E-state index in [4.69, 9.17) is 4.52 Å². The minimum atomic E-state index is 0.626. The molecule has 0 spiro atoms. The summed E-state index contributed by atoms with van der Waals surface area (Å²) in [5.74, 6) is 1.33. The fourth-order valence-corrected chi connectivity index (χ4v) is 2.31. The van der Waals surface area contributed by atoms with Crippen molar-refractivity contribution in [2.75, 3.05) is 0 Å². The molecule has 0 aliphatic carbocycles. The Morgan fingerprint density at radius 1 is 1.28 bits per heavy atom. The lowest BCUT2D eigenvalue weighted by atomic mass is 10.1. The smallest absolute Gasteiger partial charge is 0.246 e. The molecular formula is C14H15N3O. The third-order valence-electron chi connectivity index (χ3n) is 3.13. The number of rotatable bonds is 3. The van der Waals surface area contributed by atoms with Crippen molar-refractivity contribution in [3.63, 3.8) is 0 Å². The van der Waals surface area contributed by atoms with E-state index in [0.29, 0.717) is 18.3 Å². The zero-order valence-electron chi connectivity index (χ0n) is 10.6. The van der Waals surface area contributed by atoms with E-state index in [2.05, 4.69) is 52.1 Å². The first-order valence-electron chi connectivity index (χ1n) is 6.14. The van der Waals surface area contributed by atoms with Gasteiger partial charge in [0.15, 0.2) is 5.82 Å². The second-order valence-corrected chi connectivity index (χ2v) is 4.39. The molecule has 92 valence electrons. The molecule has 0 aliphatic rings. The van der Waals surface area contributed by atoms with Crippen molar-refractivity contribution in [3.05, 3.63) is 47.7 Å². The number of aryl methyl sites for hydroxylation is 2. The fraction of sp³-hybridized carbons (Fsp3) is 0.286. The van der Waals surface area contributed by atoms with E-state index in [9.17, 15) is 0 Å². The van der Waals surface area contributed by atoms with Crippen molar-refractivity contribution in [2.45, 2.75) is 26.8 Å². The second-order valence-electron chi connectivity index (χ2n) is 4.39. The van der Waals surface area contributed by atoms with Crippen LogP contribution in [-0.2, 0) is 13.0 Å². The normalized spacial score (nSPS) is 11.2. The van der Waals surface area contributed by atoms with Crippen molar-refractivity contribution in [1.29, 1.82) is 0 Å². The van der Waals surface area contributed by atoms with Gasteiger partial charge in [0, 0.05) is 6.20 Å². The standard InChI is InChI=1S/C14H15N3O/c1-3-11-5-4-6-12-7-8-17(14(11)12)9-13-15-10(2)16-18-13/h4-8H,3,9H2,1-2H3. The molecule has 0 N–H and O–H groups in total. The van der Waals surface area contributed by atoms with Gasteiger partial charge in [-0.1, -0.05) is 30.3 Å². The summed E-state index contributed by atoms with van der Waals surface area (Å²) in [5.41, 5.74) is 2.60. The third-order valence-corrected chi connectivity index (χ3v) is 3.13. The summed E-state index contributed by atoms with van der Waals surface area (Å²) in [4.78, 5) is 4.25. The lowest BCUT2D eigenvalue weighted by Gasteiger charge is -2.06. The van der Waals surface area contributed by atoms with E-state index in [-0.39, 0.29) is 0 Å². The monoisotopic (exact) mass is 241 g/mol. The van der Waals surface area contributed by atoms with E-state index < -0.39 is 0 Å². The van der Waals surface area contributed by atoms with Crippen LogP contribution in [0.15, 0.2) is 35.0 Å².